The predicted molar refractivity (Wildman–Crippen MR) is 73.2 cm³/mol. The zero-order valence-electron chi connectivity index (χ0n) is 9.91. The van der Waals surface area contributed by atoms with Gasteiger partial charge in [0.15, 0.2) is 11.6 Å². The van der Waals surface area contributed by atoms with Gasteiger partial charge >= 0.3 is 0 Å². The van der Waals surface area contributed by atoms with Crippen molar-refractivity contribution in [2.45, 2.75) is 13.5 Å². The van der Waals surface area contributed by atoms with Crippen LogP contribution in [0.1, 0.15) is 11.1 Å². The highest BCUT2D eigenvalue weighted by Gasteiger charge is 2.07. The van der Waals surface area contributed by atoms with Gasteiger partial charge in [0, 0.05) is 11.0 Å². The maximum absolute atomic E-state index is 13.6. The fourth-order valence-corrected chi connectivity index (χ4v) is 1.96. The Balaban J connectivity index is 2.28. The van der Waals surface area contributed by atoms with Crippen molar-refractivity contribution in [1.29, 1.82) is 0 Å². The standard InChI is InChI=1S/C14H13BrFNO/c1-9-6-10(8-17)2-4-13(9)18-14-5-3-11(15)7-12(14)16/h2-7H,8,17H2,1H3. The highest BCUT2D eigenvalue weighted by Crippen LogP contribution is 2.29. The lowest BCUT2D eigenvalue weighted by Gasteiger charge is -2.10. The first-order valence-corrected chi connectivity index (χ1v) is 6.32. The van der Waals surface area contributed by atoms with E-state index >= 15 is 0 Å². The molecule has 0 saturated heterocycles. The van der Waals surface area contributed by atoms with Crippen molar-refractivity contribution >= 4 is 15.9 Å². The van der Waals surface area contributed by atoms with Gasteiger partial charge in [0.1, 0.15) is 5.75 Å². The molecule has 0 saturated carbocycles. The van der Waals surface area contributed by atoms with Gasteiger partial charge in [-0.2, -0.15) is 0 Å². The van der Waals surface area contributed by atoms with Crippen molar-refractivity contribution in [2.24, 2.45) is 5.73 Å². The monoisotopic (exact) mass is 309 g/mol. The molecule has 0 spiro atoms. The van der Waals surface area contributed by atoms with Gasteiger partial charge in [-0.15, -0.1) is 0 Å². The first-order valence-electron chi connectivity index (χ1n) is 5.52. The Morgan fingerprint density at radius 3 is 2.50 bits per heavy atom. The fraction of sp³-hybridized carbons (Fsp3) is 0.143. The summed E-state index contributed by atoms with van der Waals surface area (Å²) < 4.78 is 19.9. The second-order valence-corrected chi connectivity index (χ2v) is 4.90. The third-order valence-electron chi connectivity index (χ3n) is 2.59. The lowest BCUT2D eigenvalue weighted by atomic mass is 10.1. The molecule has 0 bridgehead atoms. The van der Waals surface area contributed by atoms with Crippen LogP contribution in [0.25, 0.3) is 0 Å². The van der Waals surface area contributed by atoms with Gasteiger partial charge in [0.2, 0.25) is 0 Å². The Morgan fingerprint density at radius 1 is 1.17 bits per heavy atom. The van der Waals surface area contributed by atoms with Crippen molar-refractivity contribution in [3.05, 3.63) is 57.8 Å². The van der Waals surface area contributed by atoms with Crippen LogP contribution >= 0.6 is 15.9 Å². The number of hydrogen-bond donors (Lipinski definition) is 1. The zero-order chi connectivity index (χ0) is 13.1. The minimum atomic E-state index is -0.397. The van der Waals surface area contributed by atoms with Crippen LogP contribution in [0.2, 0.25) is 0 Å². The van der Waals surface area contributed by atoms with E-state index in [1.807, 2.05) is 19.1 Å². The third-order valence-corrected chi connectivity index (χ3v) is 3.08. The minimum Gasteiger partial charge on any atom is -0.454 e. The van der Waals surface area contributed by atoms with Gasteiger partial charge in [-0.3, -0.25) is 0 Å². The number of hydrogen-bond acceptors (Lipinski definition) is 2. The average molecular weight is 310 g/mol. The molecule has 0 unspecified atom stereocenters. The first-order chi connectivity index (χ1) is 8.60. The predicted octanol–water partition coefficient (Wildman–Crippen LogP) is 4.15. The lowest BCUT2D eigenvalue weighted by Crippen LogP contribution is -1.97. The van der Waals surface area contributed by atoms with E-state index in [2.05, 4.69) is 15.9 Å². The highest BCUT2D eigenvalue weighted by atomic mass is 79.9. The van der Waals surface area contributed by atoms with Crippen LogP contribution in [-0.4, -0.2) is 0 Å². The molecule has 0 aliphatic carbocycles. The van der Waals surface area contributed by atoms with Gasteiger partial charge in [0.25, 0.3) is 0 Å². The topological polar surface area (TPSA) is 35.2 Å². The second-order valence-electron chi connectivity index (χ2n) is 3.98. The van der Waals surface area contributed by atoms with Crippen molar-refractivity contribution in [1.82, 2.24) is 0 Å². The molecular weight excluding hydrogens is 297 g/mol. The van der Waals surface area contributed by atoms with Crippen LogP contribution in [0.4, 0.5) is 4.39 Å². The Labute approximate surface area is 114 Å². The highest BCUT2D eigenvalue weighted by molar-refractivity contribution is 9.10. The van der Waals surface area contributed by atoms with Crippen molar-refractivity contribution in [3.63, 3.8) is 0 Å². The molecule has 2 nitrogen and oxygen atoms in total. The van der Waals surface area contributed by atoms with E-state index in [0.717, 1.165) is 11.1 Å². The van der Waals surface area contributed by atoms with Crippen LogP contribution in [0, 0.1) is 12.7 Å². The van der Waals surface area contributed by atoms with Crippen LogP contribution in [0.5, 0.6) is 11.5 Å². The van der Waals surface area contributed by atoms with E-state index in [4.69, 9.17) is 10.5 Å². The number of rotatable bonds is 3. The summed E-state index contributed by atoms with van der Waals surface area (Å²) in [6, 6.07) is 10.3. The van der Waals surface area contributed by atoms with Crippen LogP contribution in [0.15, 0.2) is 40.9 Å². The molecule has 0 aliphatic rings. The third kappa shape index (κ3) is 2.89. The van der Waals surface area contributed by atoms with Crippen molar-refractivity contribution in [2.75, 3.05) is 0 Å². The summed E-state index contributed by atoms with van der Waals surface area (Å²) in [5, 5.41) is 0. The molecule has 0 radical (unpaired) electrons. The summed E-state index contributed by atoms with van der Waals surface area (Å²) in [4.78, 5) is 0. The maximum Gasteiger partial charge on any atom is 0.166 e. The molecule has 2 N–H and O–H groups in total. The lowest BCUT2D eigenvalue weighted by molar-refractivity contribution is 0.439. The Kier molecular flexibility index (Phi) is 3.99. The molecule has 0 heterocycles. The van der Waals surface area contributed by atoms with Gasteiger partial charge in [-0.25, -0.2) is 4.39 Å². The normalized spacial score (nSPS) is 10.4. The average Bonchev–Trinajstić information content (AvgIpc) is 2.34. The quantitative estimate of drug-likeness (QED) is 0.924. The molecule has 0 aliphatic heterocycles. The smallest absolute Gasteiger partial charge is 0.166 e. The molecule has 2 aromatic carbocycles. The van der Waals surface area contributed by atoms with E-state index in [0.29, 0.717) is 16.8 Å². The molecule has 2 rings (SSSR count). The summed E-state index contributed by atoms with van der Waals surface area (Å²) in [7, 11) is 0. The first kappa shape index (κ1) is 13.1. The number of ether oxygens (including phenoxy) is 1. The Morgan fingerprint density at radius 2 is 1.89 bits per heavy atom. The fourth-order valence-electron chi connectivity index (χ4n) is 1.63. The van der Waals surface area contributed by atoms with Crippen LogP contribution < -0.4 is 10.5 Å². The van der Waals surface area contributed by atoms with Gasteiger partial charge in [-0.05, 0) is 42.3 Å². The van der Waals surface area contributed by atoms with E-state index in [1.54, 1.807) is 18.2 Å². The van der Waals surface area contributed by atoms with E-state index in [-0.39, 0.29) is 5.75 Å². The maximum atomic E-state index is 13.6. The number of benzene rings is 2. The second kappa shape index (κ2) is 5.50. The number of nitrogens with two attached hydrogens (primary N) is 1. The minimum absolute atomic E-state index is 0.210. The molecule has 4 heteroatoms. The Hall–Kier alpha value is -1.39. The summed E-state index contributed by atoms with van der Waals surface area (Å²) in [5.41, 5.74) is 7.51. The van der Waals surface area contributed by atoms with Gasteiger partial charge in [0.05, 0.1) is 0 Å². The van der Waals surface area contributed by atoms with Crippen LogP contribution in [-0.2, 0) is 6.54 Å². The van der Waals surface area contributed by atoms with Gasteiger partial charge in [-0.1, -0.05) is 28.1 Å². The molecular formula is C14H13BrFNO. The number of halogens is 2. The van der Waals surface area contributed by atoms with Crippen molar-refractivity contribution in [3.8, 4) is 11.5 Å². The molecule has 2 aromatic rings. The molecule has 0 amide bonds. The summed E-state index contributed by atoms with van der Waals surface area (Å²) in [6.07, 6.45) is 0. The molecule has 0 atom stereocenters. The molecule has 0 aromatic heterocycles. The molecule has 94 valence electrons. The van der Waals surface area contributed by atoms with Crippen molar-refractivity contribution < 1.29 is 9.13 Å². The molecule has 18 heavy (non-hydrogen) atoms. The van der Waals surface area contributed by atoms with Gasteiger partial charge < -0.3 is 10.5 Å². The zero-order valence-corrected chi connectivity index (χ0v) is 11.5. The summed E-state index contributed by atoms with van der Waals surface area (Å²) >= 11 is 3.21. The molecule has 0 fully saturated rings. The summed E-state index contributed by atoms with van der Waals surface area (Å²) in [6.45, 7) is 2.39. The summed E-state index contributed by atoms with van der Waals surface area (Å²) in [5.74, 6) is 0.446. The van der Waals surface area contributed by atoms with Crippen LogP contribution in [0.3, 0.4) is 0 Å². The van der Waals surface area contributed by atoms with E-state index in [1.165, 1.54) is 6.07 Å². The Bertz CT molecular complexity index is 572. The van der Waals surface area contributed by atoms with E-state index < -0.39 is 5.82 Å². The van der Waals surface area contributed by atoms with E-state index in [9.17, 15) is 4.39 Å². The number of aryl methyl sites for hydroxylation is 1. The largest absolute Gasteiger partial charge is 0.454 e. The SMILES string of the molecule is Cc1cc(CN)ccc1Oc1ccc(Br)cc1F.